The highest BCUT2D eigenvalue weighted by atomic mass is 79.9. The summed E-state index contributed by atoms with van der Waals surface area (Å²) in [5.74, 6) is 0.301. The first-order valence-corrected chi connectivity index (χ1v) is 11.3. The van der Waals surface area contributed by atoms with E-state index in [-0.39, 0.29) is 17.9 Å². The monoisotopic (exact) mass is 488 g/mol. The van der Waals surface area contributed by atoms with Crippen molar-refractivity contribution in [1.29, 1.82) is 0 Å². The predicted molar refractivity (Wildman–Crippen MR) is 136 cm³/mol. The van der Waals surface area contributed by atoms with E-state index in [1.807, 2.05) is 42.5 Å². The number of carbonyl (C=O) groups is 1. The SMILES string of the molecule is CC(C)(C)c1ccc(OCC(=O)N/N=C\c2c3ccccc3cc3ccccc23)c(Br)c1. The molecule has 0 atom stereocenters. The van der Waals surface area contributed by atoms with Gasteiger partial charge in [0.05, 0.1) is 10.7 Å². The molecular formula is C27H25BrN2O2. The normalized spacial score (nSPS) is 11.9. The van der Waals surface area contributed by atoms with E-state index in [1.165, 1.54) is 5.56 Å². The van der Waals surface area contributed by atoms with E-state index in [0.29, 0.717) is 5.75 Å². The van der Waals surface area contributed by atoms with Gasteiger partial charge in [0.25, 0.3) is 5.91 Å². The molecule has 162 valence electrons. The third-order valence-electron chi connectivity index (χ3n) is 5.35. The Labute approximate surface area is 196 Å². The van der Waals surface area contributed by atoms with Crippen molar-refractivity contribution in [3.8, 4) is 5.75 Å². The number of halogens is 1. The highest BCUT2D eigenvalue weighted by molar-refractivity contribution is 9.10. The summed E-state index contributed by atoms with van der Waals surface area (Å²) >= 11 is 3.53. The lowest BCUT2D eigenvalue weighted by Gasteiger charge is -2.20. The summed E-state index contributed by atoms with van der Waals surface area (Å²) in [7, 11) is 0. The van der Waals surface area contributed by atoms with Gasteiger partial charge in [-0.1, -0.05) is 75.4 Å². The zero-order chi connectivity index (χ0) is 22.7. The maximum absolute atomic E-state index is 12.3. The van der Waals surface area contributed by atoms with Crippen LogP contribution in [-0.4, -0.2) is 18.7 Å². The lowest BCUT2D eigenvalue weighted by atomic mass is 9.87. The Morgan fingerprint density at radius 3 is 2.19 bits per heavy atom. The van der Waals surface area contributed by atoms with Gasteiger partial charge in [-0.15, -0.1) is 0 Å². The Kier molecular flexibility index (Phi) is 6.28. The Hall–Kier alpha value is -3.18. The lowest BCUT2D eigenvalue weighted by molar-refractivity contribution is -0.123. The average Bonchev–Trinajstić information content (AvgIpc) is 2.77. The summed E-state index contributed by atoms with van der Waals surface area (Å²) in [5.41, 5.74) is 4.78. The number of nitrogens with one attached hydrogen (secondary N) is 1. The molecule has 0 fully saturated rings. The van der Waals surface area contributed by atoms with Gasteiger partial charge >= 0.3 is 0 Å². The summed E-state index contributed by atoms with van der Waals surface area (Å²) in [6.07, 6.45) is 1.70. The molecule has 0 spiro atoms. The quantitative estimate of drug-likeness (QED) is 0.196. The van der Waals surface area contributed by atoms with Gasteiger partial charge in [0.15, 0.2) is 6.61 Å². The fourth-order valence-corrected chi connectivity index (χ4v) is 4.11. The van der Waals surface area contributed by atoms with Crippen LogP contribution >= 0.6 is 15.9 Å². The number of rotatable bonds is 5. The van der Waals surface area contributed by atoms with Gasteiger partial charge in [0.1, 0.15) is 5.75 Å². The van der Waals surface area contributed by atoms with Crippen LogP contribution in [-0.2, 0) is 10.2 Å². The van der Waals surface area contributed by atoms with E-state index in [9.17, 15) is 4.79 Å². The maximum atomic E-state index is 12.3. The van der Waals surface area contributed by atoms with Crippen LogP contribution in [0.3, 0.4) is 0 Å². The van der Waals surface area contributed by atoms with Crippen LogP contribution < -0.4 is 10.2 Å². The molecule has 0 aliphatic heterocycles. The minimum Gasteiger partial charge on any atom is -0.483 e. The third kappa shape index (κ3) is 4.83. The fraction of sp³-hybridized carbons (Fsp3) is 0.185. The number of hydrogen-bond donors (Lipinski definition) is 1. The molecule has 0 saturated heterocycles. The summed E-state index contributed by atoms with van der Waals surface area (Å²) < 4.78 is 6.50. The molecule has 0 aromatic heterocycles. The van der Waals surface area contributed by atoms with E-state index in [2.05, 4.69) is 77.6 Å². The van der Waals surface area contributed by atoms with Crippen LogP contribution in [0.2, 0.25) is 0 Å². The number of carbonyl (C=O) groups excluding carboxylic acids is 1. The Bertz CT molecular complexity index is 1270. The van der Waals surface area contributed by atoms with Crippen molar-refractivity contribution < 1.29 is 9.53 Å². The van der Waals surface area contributed by atoms with E-state index in [4.69, 9.17) is 4.74 Å². The van der Waals surface area contributed by atoms with E-state index in [1.54, 1.807) is 6.21 Å². The summed E-state index contributed by atoms with van der Waals surface area (Å²) in [5, 5.41) is 8.64. The minimum atomic E-state index is -0.322. The fourth-order valence-electron chi connectivity index (χ4n) is 3.62. The molecule has 0 radical (unpaired) electrons. The second-order valence-electron chi connectivity index (χ2n) is 8.71. The molecule has 0 saturated carbocycles. The summed E-state index contributed by atoms with van der Waals surface area (Å²) in [4.78, 5) is 12.3. The summed E-state index contributed by atoms with van der Waals surface area (Å²) in [6.45, 7) is 6.33. The number of amides is 1. The second-order valence-corrected chi connectivity index (χ2v) is 9.56. The average molecular weight is 489 g/mol. The molecule has 4 nitrogen and oxygen atoms in total. The minimum absolute atomic E-state index is 0.0406. The molecule has 5 heteroatoms. The van der Waals surface area contributed by atoms with Crippen LogP contribution in [0.15, 0.2) is 82.4 Å². The van der Waals surface area contributed by atoms with Crippen molar-refractivity contribution in [1.82, 2.24) is 5.43 Å². The molecule has 0 aliphatic carbocycles. The number of nitrogens with zero attached hydrogens (tertiary/aromatic N) is 1. The molecule has 4 aromatic rings. The lowest BCUT2D eigenvalue weighted by Crippen LogP contribution is -2.24. The molecule has 0 bridgehead atoms. The molecular weight excluding hydrogens is 464 g/mol. The topological polar surface area (TPSA) is 50.7 Å². The smallest absolute Gasteiger partial charge is 0.277 e. The van der Waals surface area contributed by atoms with Gasteiger partial charge in [-0.05, 0) is 66.7 Å². The maximum Gasteiger partial charge on any atom is 0.277 e. The zero-order valence-electron chi connectivity index (χ0n) is 18.4. The van der Waals surface area contributed by atoms with Crippen molar-refractivity contribution in [3.63, 3.8) is 0 Å². The number of hydrogen-bond acceptors (Lipinski definition) is 3. The number of fused-ring (bicyclic) bond motifs is 2. The molecule has 1 amide bonds. The van der Waals surface area contributed by atoms with Crippen LogP contribution in [0.5, 0.6) is 5.75 Å². The molecule has 0 heterocycles. The molecule has 32 heavy (non-hydrogen) atoms. The standard InChI is InChI=1S/C27H25BrN2O2/c1-27(2,3)20-12-13-25(24(28)15-20)32-17-26(31)30-29-16-23-21-10-6-4-8-18(21)14-19-9-5-7-11-22(19)23/h4-16H,17H2,1-3H3,(H,30,31)/b29-16-. The zero-order valence-corrected chi connectivity index (χ0v) is 19.9. The van der Waals surface area contributed by atoms with Gasteiger partial charge in [-0.2, -0.15) is 5.10 Å². The van der Waals surface area contributed by atoms with Crippen molar-refractivity contribution in [2.24, 2.45) is 5.10 Å². The molecule has 0 aliphatic rings. The van der Waals surface area contributed by atoms with Gasteiger partial charge < -0.3 is 4.74 Å². The van der Waals surface area contributed by atoms with Crippen molar-refractivity contribution in [2.45, 2.75) is 26.2 Å². The second kappa shape index (κ2) is 9.13. The molecule has 1 N–H and O–H groups in total. The first-order chi connectivity index (χ1) is 15.3. The van der Waals surface area contributed by atoms with Crippen LogP contribution in [0, 0.1) is 0 Å². The molecule has 4 rings (SSSR count). The highest BCUT2D eigenvalue weighted by Crippen LogP contribution is 2.31. The molecule has 4 aromatic carbocycles. The van der Waals surface area contributed by atoms with E-state index >= 15 is 0 Å². The Balaban J connectivity index is 1.47. The van der Waals surface area contributed by atoms with Crippen molar-refractivity contribution in [3.05, 3.63) is 88.4 Å². The van der Waals surface area contributed by atoms with Gasteiger partial charge in [0.2, 0.25) is 0 Å². The first kappa shape index (κ1) is 22.0. The Morgan fingerprint density at radius 2 is 1.59 bits per heavy atom. The van der Waals surface area contributed by atoms with Gasteiger partial charge in [-0.3, -0.25) is 4.79 Å². The molecule has 0 unspecified atom stereocenters. The van der Waals surface area contributed by atoms with Crippen LogP contribution in [0.25, 0.3) is 21.5 Å². The van der Waals surface area contributed by atoms with Crippen LogP contribution in [0.1, 0.15) is 31.9 Å². The van der Waals surface area contributed by atoms with E-state index < -0.39 is 0 Å². The van der Waals surface area contributed by atoms with Crippen molar-refractivity contribution in [2.75, 3.05) is 6.61 Å². The van der Waals surface area contributed by atoms with Gasteiger partial charge in [0, 0.05) is 5.56 Å². The number of hydrazone groups is 1. The van der Waals surface area contributed by atoms with E-state index in [0.717, 1.165) is 31.6 Å². The number of ether oxygens (including phenoxy) is 1. The first-order valence-electron chi connectivity index (χ1n) is 10.5. The Morgan fingerprint density at radius 1 is 0.969 bits per heavy atom. The van der Waals surface area contributed by atoms with Gasteiger partial charge in [-0.25, -0.2) is 5.43 Å². The predicted octanol–water partition coefficient (Wildman–Crippen LogP) is 6.58. The summed E-state index contributed by atoms with van der Waals surface area (Å²) in [6, 6.07) is 24.4. The number of benzene rings is 4. The third-order valence-corrected chi connectivity index (χ3v) is 5.97. The highest BCUT2D eigenvalue weighted by Gasteiger charge is 2.15. The largest absolute Gasteiger partial charge is 0.483 e. The van der Waals surface area contributed by atoms with Crippen molar-refractivity contribution >= 4 is 49.6 Å². The van der Waals surface area contributed by atoms with Crippen LogP contribution in [0.4, 0.5) is 0 Å².